The summed E-state index contributed by atoms with van der Waals surface area (Å²) in [6.07, 6.45) is 0. The van der Waals surface area contributed by atoms with Crippen molar-refractivity contribution >= 4 is 11.8 Å². The van der Waals surface area contributed by atoms with Crippen molar-refractivity contribution in [2.75, 3.05) is 12.3 Å². The van der Waals surface area contributed by atoms with Crippen molar-refractivity contribution < 1.29 is 0 Å². The third-order valence-corrected chi connectivity index (χ3v) is 3.75. The fourth-order valence-electron chi connectivity index (χ4n) is 1.96. The summed E-state index contributed by atoms with van der Waals surface area (Å²) in [6, 6.07) is 7.39. The van der Waals surface area contributed by atoms with Gasteiger partial charge in [-0.05, 0) is 24.6 Å². The SMILES string of the molecule is CCNC1CSCc2ccc(C)cc21. The molecule has 1 nitrogen and oxygen atoms in total. The minimum absolute atomic E-state index is 0.564. The molecule has 0 fully saturated rings. The zero-order chi connectivity index (χ0) is 9.97. The second-order valence-electron chi connectivity index (χ2n) is 3.83. The largest absolute Gasteiger partial charge is 0.309 e. The fourth-order valence-corrected chi connectivity index (χ4v) is 3.10. The van der Waals surface area contributed by atoms with E-state index in [1.807, 2.05) is 11.8 Å². The zero-order valence-corrected chi connectivity index (χ0v) is 9.66. The Hall–Kier alpha value is -0.470. The van der Waals surface area contributed by atoms with Crippen LogP contribution in [0.4, 0.5) is 0 Å². The number of thioether (sulfide) groups is 1. The van der Waals surface area contributed by atoms with Crippen LogP contribution in [0.3, 0.4) is 0 Å². The molecule has 2 heteroatoms. The molecule has 1 atom stereocenters. The Morgan fingerprint density at radius 1 is 1.50 bits per heavy atom. The van der Waals surface area contributed by atoms with Gasteiger partial charge in [0.15, 0.2) is 0 Å². The van der Waals surface area contributed by atoms with Crippen LogP contribution in [0.2, 0.25) is 0 Å². The van der Waals surface area contributed by atoms with Gasteiger partial charge in [0.1, 0.15) is 0 Å². The second-order valence-corrected chi connectivity index (χ2v) is 4.86. The molecule has 1 N–H and O–H groups in total. The fraction of sp³-hybridized carbons (Fsp3) is 0.500. The predicted molar refractivity (Wildman–Crippen MR) is 63.8 cm³/mol. The summed E-state index contributed by atoms with van der Waals surface area (Å²) < 4.78 is 0. The summed E-state index contributed by atoms with van der Waals surface area (Å²) in [5.41, 5.74) is 4.40. The lowest BCUT2D eigenvalue weighted by Crippen LogP contribution is -2.26. The van der Waals surface area contributed by atoms with E-state index in [1.54, 1.807) is 0 Å². The van der Waals surface area contributed by atoms with Gasteiger partial charge in [-0.2, -0.15) is 11.8 Å². The third-order valence-electron chi connectivity index (χ3n) is 2.67. The molecule has 0 bridgehead atoms. The summed E-state index contributed by atoms with van der Waals surface area (Å²) in [5.74, 6) is 2.39. The number of hydrogen-bond donors (Lipinski definition) is 1. The topological polar surface area (TPSA) is 12.0 Å². The normalized spacial score (nSPS) is 20.6. The van der Waals surface area contributed by atoms with Crippen LogP contribution in [-0.4, -0.2) is 12.3 Å². The highest BCUT2D eigenvalue weighted by atomic mass is 32.2. The number of aryl methyl sites for hydroxylation is 1. The van der Waals surface area contributed by atoms with Gasteiger partial charge in [-0.15, -0.1) is 0 Å². The van der Waals surface area contributed by atoms with E-state index in [9.17, 15) is 0 Å². The van der Waals surface area contributed by atoms with Crippen molar-refractivity contribution in [2.45, 2.75) is 25.6 Å². The van der Waals surface area contributed by atoms with E-state index in [0.29, 0.717) is 6.04 Å². The van der Waals surface area contributed by atoms with E-state index < -0.39 is 0 Å². The molecule has 76 valence electrons. The quantitative estimate of drug-likeness (QED) is 0.800. The Kier molecular flexibility index (Phi) is 3.14. The second kappa shape index (κ2) is 4.37. The van der Waals surface area contributed by atoms with Gasteiger partial charge in [-0.1, -0.05) is 30.7 Å². The summed E-state index contributed by atoms with van der Waals surface area (Å²) in [5, 5.41) is 3.55. The van der Waals surface area contributed by atoms with Gasteiger partial charge in [-0.3, -0.25) is 0 Å². The Morgan fingerprint density at radius 3 is 3.14 bits per heavy atom. The summed E-state index contributed by atoms with van der Waals surface area (Å²) >= 11 is 2.03. The van der Waals surface area contributed by atoms with Gasteiger partial charge in [0.25, 0.3) is 0 Å². The zero-order valence-electron chi connectivity index (χ0n) is 8.84. The maximum Gasteiger partial charge on any atom is 0.0415 e. The van der Waals surface area contributed by atoms with Gasteiger partial charge in [0, 0.05) is 17.5 Å². The highest BCUT2D eigenvalue weighted by Gasteiger charge is 2.19. The maximum absolute atomic E-state index is 3.55. The standard InChI is InChI=1S/C12H17NS/c1-3-13-12-8-14-7-10-5-4-9(2)6-11(10)12/h4-6,12-13H,3,7-8H2,1-2H3. The molecule has 0 spiro atoms. The lowest BCUT2D eigenvalue weighted by molar-refractivity contribution is 0.598. The Balaban J connectivity index is 2.32. The minimum Gasteiger partial charge on any atom is -0.309 e. The minimum atomic E-state index is 0.564. The van der Waals surface area contributed by atoms with Crippen molar-refractivity contribution in [3.05, 3.63) is 34.9 Å². The van der Waals surface area contributed by atoms with Crippen LogP contribution in [-0.2, 0) is 5.75 Å². The third kappa shape index (κ3) is 1.96. The Bertz CT molecular complexity index is 322. The van der Waals surface area contributed by atoms with Crippen LogP contribution >= 0.6 is 11.8 Å². The molecule has 0 aromatic heterocycles. The van der Waals surface area contributed by atoms with Crippen LogP contribution in [0.5, 0.6) is 0 Å². The average molecular weight is 207 g/mol. The average Bonchev–Trinajstić information content (AvgIpc) is 2.19. The monoisotopic (exact) mass is 207 g/mol. The van der Waals surface area contributed by atoms with Crippen molar-refractivity contribution in [1.29, 1.82) is 0 Å². The number of hydrogen-bond acceptors (Lipinski definition) is 2. The number of fused-ring (bicyclic) bond motifs is 1. The predicted octanol–water partition coefficient (Wildman–Crippen LogP) is 2.89. The molecule has 0 radical (unpaired) electrons. The first-order chi connectivity index (χ1) is 6.81. The number of nitrogens with one attached hydrogen (secondary N) is 1. The number of rotatable bonds is 2. The molecule has 1 heterocycles. The van der Waals surface area contributed by atoms with Gasteiger partial charge >= 0.3 is 0 Å². The molecule has 1 aromatic rings. The molecule has 1 unspecified atom stereocenters. The lowest BCUT2D eigenvalue weighted by Gasteiger charge is -2.26. The van der Waals surface area contributed by atoms with Gasteiger partial charge < -0.3 is 5.32 Å². The maximum atomic E-state index is 3.55. The van der Waals surface area contributed by atoms with Crippen LogP contribution in [0.15, 0.2) is 18.2 Å². The van der Waals surface area contributed by atoms with E-state index in [1.165, 1.54) is 28.2 Å². The van der Waals surface area contributed by atoms with E-state index in [0.717, 1.165) is 6.54 Å². The highest BCUT2D eigenvalue weighted by Crippen LogP contribution is 2.31. The van der Waals surface area contributed by atoms with Gasteiger partial charge in [0.2, 0.25) is 0 Å². The van der Waals surface area contributed by atoms with Crippen LogP contribution in [0.25, 0.3) is 0 Å². The summed E-state index contributed by atoms with van der Waals surface area (Å²) in [4.78, 5) is 0. The molecule has 14 heavy (non-hydrogen) atoms. The van der Waals surface area contributed by atoms with Crippen molar-refractivity contribution in [3.8, 4) is 0 Å². The first kappa shape index (κ1) is 10.1. The van der Waals surface area contributed by atoms with Gasteiger partial charge in [-0.25, -0.2) is 0 Å². The Morgan fingerprint density at radius 2 is 2.36 bits per heavy atom. The molecule has 1 aromatic carbocycles. The van der Waals surface area contributed by atoms with E-state index in [-0.39, 0.29) is 0 Å². The Labute approximate surface area is 90.3 Å². The molecule has 1 aliphatic rings. The van der Waals surface area contributed by atoms with Gasteiger partial charge in [0.05, 0.1) is 0 Å². The van der Waals surface area contributed by atoms with E-state index in [2.05, 4.69) is 37.4 Å². The van der Waals surface area contributed by atoms with Crippen LogP contribution in [0.1, 0.15) is 29.7 Å². The van der Waals surface area contributed by atoms with Crippen molar-refractivity contribution in [1.82, 2.24) is 5.32 Å². The molecule has 0 saturated heterocycles. The summed E-state index contributed by atoms with van der Waals surface area (Å²) in [7, 11) is 0. The highest BCUT2D eigenvalue weighted by molar-refractivity contribution is 7.98. The molecule has 0 saturated carbocycles. The van der Waals surface area contributed by atoms with Crippen molar-refractivity contribution in [3.63, 3.8) is 0 Å². The summed E-state index contributed by atoms with van der Waals surface area (Å²) in [6.45, 7) is 5.40. The molecule has 0 amide bonds. The van der Waals surface area contributed by atoms with Crippen LogP contribution in [0, 0.1) is 6.92 Å². The first-order valence-electron chi connectivity index (χ1n) is 5.22. The molecule has 1 aliphatic heterocycles. The molecule has 0 aliphatic carbocycles. The van der Waals surface area contributed by atoms with E-state index >= 15 is 0 Å². The van der Waals surface area contributed by atoms with Crippen LogP contribution < -0.4 is 5.32 Å². The first-order valence-corrected chi connectivity index (χ1v) is 6.37. The van der Waals surface area contributed by atoms with E-state index in [4.69, 9.17) is 0 Å². The molecule has 2 rings (SSSR count). The van der Waals surface area contributed by atoms with Crippen molar-refractivity contribution in [2.24, 2.45) is 0 Å². The lowest BCUT2D eigenvalue weighted by atomic mass is 9.99. The number of benzene rings is 1. The smallest absolute Gasteiger partial charge is 0.0415 e. The molecular formula is C12H17NS. The molecular weight excluding hydrogens is 190 g/mol.